The summed E-state index contributed by atoms with van der Waals surface area (Å²) < 4.78 is 4.49. The second-order valence-corrected chi connectivity index (χ2v) is 1.79. The van der Waals surface area contributed by atoms with Crippen LogP contribution in [0.5, 0.6) is 0 Å². The van der Waals surface area contributed by atoms with Gasteiger partial charge in [0.15, 0.2) is 0 Å². The molecule has 0 amide bonds. The number of hydrogen-bond acceptors (Lipinski definition) is 3. The lowest BCUT2D eigenvalue weighted by Crippen LogP contribution is -2.03. The summed E-state index contributed by atoms with van der Waals surface area (Å²) in [4.78, 5) is 20.3. The maximum absolute atomic E-state index is 10.2. The molecule has 0 bridgehead atoms. The van der Waals surface area contributed by atoms with Crippen molar-refractivity contribution in [1.29, 1.82) is 0 Å². The number of Topliss-reactive ketones (excluding diaryl/α,β-unsaturated/α-hetero) is 1. The molecule has 0 heterocycles. The highest BCUT2D eigenvalue weighted by Gasteiger charge is 1.94. The molecule has 0 spiro atoms. The van der Waals surface area contributed by atoms with Gasteiger partial charge < -0.3 is 4.74 Å². The number of carbonyl (C=O) groups excluding carboxylic acids is 2. The predicted octanol–water partition coefficient (Wildman–Crippen LogP) is 1.16. The molecule has 3 nitrogen and oxygen atoms in total. The first kappa shape index (κ1) is 11.9. The lowest BCUT2D eigenvalue weighted by Gasteiger charge is -1.96. The van der Waals surface area contributed by atoms with Crippen LogP contribution in [0, 0.1) is 0 Å². The first-order valence-corrected chi connectivity index (χ1v) is 2.75. The molecule has 0 aliphatic heterocycles. The molecule has 0 aliphatic carbocycles. The summed E-state index contributed by atoms with van der Waals surface area (Å²) in [5.41, 5.74) is 0. The van der Waals surface area contributed by atoms with Crippen molar-refractivity contribution < 1.29 is 14.3 Å². The molecule has 0 rings (SSSR count). The molecule has 0 aromatic rings. The van der Waals surface area contributed by atoms with Crippen LogP contribution in [0.2, 0.25) is 0 Å². The Balaban J connectivity index is 0. The average molecular weight is 146 g/mol. The van der Waals surface area contributed by atoms with Crippen molar-refractivity contribution in [2.45, 2.75) is 27.7 Å². The normalized spacial score (nSPS) is 7.80. The minimum Gasteiger partial charge on any atom is -0.465 e. The summed E-state index contributed by atoms with van der Waals surface area (Å²) in [6.45, 7) is 2.99. The van der Waals surface area contributed by atoms with Gasteiger partial charge in [0, 0.05) is 13.3 Å². The monoisotopic (exact) mass is 146 g/mol. The van der Waals surface area contributed by atoms with Gasteiger partial charge >= 0.3 is 5.97 Å². The number of esters is 1. The molecule has 0 fully saturated rings. The van der Waals surface area contributed by atoms with Crippen LogP contribution in [0.4, 0.5) is 0 Å². The van der Waals surface area contributed by atoms with Gasteiger partial charge in [-0.1, -0.05) is 7.43 Å². The van der Waals surface area contributed by atoms with Crippen LogP contribution in [0.1, 0.15) is 27.7 Å². The lowest BCUT2D eigenvalue weighted by atomic mass is 10.3. The highest BCUT2D eigenvalue weighted by atomic mass is 16.5. The Morgan fingerprint density at radius 1 is 1.30 bits per heavy atom. The van der Waals surface area contributed by atoms with E-state index < -0.39 is 0 Å². The average Bonchev–Trinajstić information content (AvgIpc) is 1.63. The standard InChI is InChI=1S/C6H10O3.CH4/c1-5(7)3-4-9-6(2)8;/h3-4H2,1-2H3;1H4. The maximum Gasteiger partial charge on any atom is 0.302 e. The highest BCUT2D eigenvalue weighted by Crippen LogP contribution is 1.83. The van der Waals surface area contributed by atoms with Crippen LogP contribution in [0.15, 0.2) is 0 Å². The van der Waals surface area contributed by atoms with Gasteiger partial charge in [-0.3, -0.25) is 9.59 Å². The molecule has 0 atom stereocenters. The van der Waals surface area contributed by atoms with E-state index in [-0.39, 0.29) is 25.8 Å². The molecule has 0 saturated carbocycles. The zero-order valence-corrected chi connectivity index (χ0v) is 5.64. The summed E-state index contributed by atoms with van der Waals surface area (Å²) >= 11 is 0. The van der Waals surface area contributed by atoms with Crippen LogP contribution < -0.4 is 0 Å². The van der Waals surface area contributed by atoms with Gasteiger partial charge in [-0.15, -0.1) is 0 Å². The Labute approximate surface area is 61.4 Å². The number of ether oxygens (including phenoxy) is 1. The first-order valence-electron chi connectivity index (χ1n) is 2.75. The van der Waals surface area contributed by atoms with Gasteiger partial charge in [-0.05, 0) is 6.92 Å². The van der Waals surface area contributed by atoms with Gasteiger partial charge in [-0.25, -0.2) is 0 Å². The summed E-state index contributed by atoms with van der Waals surface area (Å²) in [5.74, 6) is -0.299. The molecule has 10 heavy (non-hydrogen) atoms. The molecule has 0 unspecified atom stereocenters. The lowest BCUT2D eigenvalue weighted by molar-refractivity contribution is -0.141. The van der Waals surface area contributed by atoms with E-state index in [9.17, 15) is 9.59 Å². The Bertz CT molecular complexity index is 104. The van der Waals surface area contributed by atoms with Crippen LogP contribution in [-0.2, 0) is 14.3 Å². The van der Waals surface area contributed by atoms with Crippen LogP contribution in [0.25, 0.3) is 0 Å². The molecular weight excluding hydrogens is 132 g/mol. The van der Waals surface area contributed by atoms with E-state index in [4.69, 9.17) is 0 Å². The number of ketones is 1. The third-order valence-corrected chi connectivity index (χ3v) is 0.759. The minimum absolute atomic E-state index is 0. The molecule has 0 aliphatic rings. The quantitative estimate of drug-likeness (QED) is 0.561. The predicted molar refractivity (Wildman–Crippen MR) is 38.7 cm³/mol. The van der Waals surface area contributed by atoms with E-state index in [0.717, 1.165) is 0 Å². The van der Waals surface area contributed by atoms with E-state index >= 15 is 0 Å². The van der Waals surface area contributed by atoms with Crippen molar-refractivity contribution in [2.75, 3.05) is 6.61 Å². The second-order valence-electron chi connectivity index (χ2n) is 1.79. The van der Waals surface area contributed by atoms with Gasteiger partial charge in [0.05, 0.1) is 6.61 Å². The minimum atomic E-state index is -0.337. The molecule has 0 aromatic heterocycles. The Hall–Kier alpha value is -0.860. The van der Waals surface area contributed by atoms with Gasteiger partial charge in [-0.2, -0.15) is 0 Å². The largest absolute Gasteiger partial charge is 0.465 e. The highest BCUT2D eigenvalue weighted by molar-refractivity contribution is 5.76. The SMILES string of the molecule is C.CC(=O)CCOC(C)=O. The summed E-state index contributed by atoms with van der Waals surface area (Å²) in [7, 11) is 0. The second kappa shape index (κ2) is 6.26. The fourth-order valence-corrected chi connectivity index (χ4v) is 0.338. The van der Waals surface area contributed by atoms with Crippen LogP contribution in [0.3, 0.4) is 0 Å². The maximum atomic E-state index is 10.2. The Morgan fingerprint density at radius 2 is 1.80 bits per heavy atom. The molecule has 3 heteroatoms. The van der Waals surface area contributed by atoms with E-state index in [1.807, 2.05) is 0 Å². The fraction of sp³-hybridized carbons (Fsp3) is 0.714. The summed E-state index contributed by atoms with van der Waals surface area (Å²) in [5, 5.41) is 0. The van der Waals surface area contributed by atoms with Crippen LogP contribution in [-0.4, -0.2) is 18.4 Å². The Kier molecular flexibility index (Phi) is 7.44. The van der Waals surface area contributed by atoms with Crippen molar-refractivity contribution in [3.05, 3.63) is 0 Å². The first-order chi connectivity index (χ1) is 4.13. The summed E-state index contributed by atoms with van der Waals surface area (Å²) in [6, 6.07) is 0. The molecule has 0 aromatic carbocycles. The number of rotatable bonds is 3. The van der Waals surface area contributed by atoms with E-state index in [0.29, 0.717) is 6.42 Å². The van der Waals surface area contributed by atoms with E-state index in [1.54, 1.807) is 0 Å². The van der Waals surface area contributed by atoms with Crippen molar-refractivity contribution in [3.8, 4) is 0 Å². The van der Waals surface area contributed by atoms with Gasteiger partial charge in [0.2, 0.25) is 0 Å². The number of carbonyl (C=O) groups is 2. The molecule has 0 radical (unpaired) electrons. The smallest absolute Gasteiger partial charge is 0.302 e. The van der Waals surface area contributed by atoms with E-state index in [1.165, 1.54) is 13.8 Å². The molecule has 0 N–H and O–H groups in total. The zero-order valence-electron chi connectivity index (χ0n) is 5.64. The summed E-state index contributed by atoms with van der Waals surface area (Å²) in [6.07, 6.45) is 0.319. The third-order valence-electron chi connectivity index (χ3n) is 0.759. The fourth-order valence-electron chi connectivity index (χ4n) is 0.338. The number of hydrogen-bond donors (Lipinski definition) is 0. The molecule has 60 valence electrons. The van der Waals surface area contributed by atoms with E-state index in [2.05, 4.69) is 4.74 Å². The van der Waals surface area contributed by atoms with Crippen LogP contribution >= 0.6 is 0 Å². The molecular formula is C7H14O3. The Morgan fingerprint density at radius 3 is 2.10 bits per heavy atom. The van der Waals surface area contributed by atoms with Crippen molar-refractivity contribution >= 4 is 11.8 Å². The van der Waals surface area contributed by atoms with Gasteiger partial charge in [0.25, 0.3) is 0 Å². The van der Waals surface area contributed by atoms with Gasteiger partial charge in [0.1, 0.15) is 5.78 Å². The topological polar surface area (TPSA) is 43.4 Å². The van der Waals surface area contributed by atoms with Crippen molar-refractivity contribution in [2.24, 2.45) is 0 Å². The van der Waals surface area contributed by atoms with Crippen molar-refractivity contribution in [1.82, 2.24) is 0 Å². The van der Waals surface area contributed by atoms with Crippen molar-refractivity contribution in [3.63, 3.8) is 0 Å². The zero-order chi connectivity index (χ0) is 7.28. The third kappa shape index (κ3) is 10.2. The molecule has 0 saturated heterocycles.